The highest BCUT2D eigenvalue weighted by Crippen LogP contribution is 2.17. The van der Waals surface area contributed by atoms with Crippen molar-refractivity contribution in [1.82, 2.24) is 4.57 Å². The summed E-state index contributed by atoms with van der Waals surface area (Å²) in [6.45, 7) is 8.88. The zero-order chi connectivity index (χ0) is 15.5. The van der Waals surface area contributed by atoms with Gasteiger partial charge >= 0.3 is 7.25 Å². The molecule has 2 nitrogen and oxygen atoms in total. The largest absolute Gasteiger partial charge is 0.673 e. The van der Waals surface area contributed by atoms with E-state index < -0.39 is 7.25 Å². The van der Waals surface area contributed by atoms with E-state index in [1.807, 2.05) is 0 Å². The van der Waals surface area contributed by atoms with Crippen LogP contribution in [0.1, 0.15) is 39.8 Å². The van der Waals surface area contributed by atoms with Gasteiger partial charge in [0, 0.05) is 0 Å². The molecule has 0 aliphatic rings. The first-order valence-corrected chi connectivity index (χ1v) is 6.49. The highest BCUT2D eigenvalue weighted by atomic mass is 19.5. The fourth-order valence-corrected chi connectivity index (χ4v) is 1.98. The average molecular weight is 290 g/mol. The van der Waals surface area contributed by atoms with Gasteiger partial charge < -0.3 is 17.3 Å². The topological polar surface area (TPSA) is 8.81 Å². The van der Waals surface area contributed by atoms with Gasteiger partial charge in [0.05, 0.1) is 12.1 Å². The average Bonchev–Trinajstić information content (AvgIpc) is 2.66. The SMILES string of the molecule is CC(C)n1c[n+](C(C)C)c2ccccc21.F[B-](F)(F)F. The third-order valence-corrected chi connectivity index (χ3v) is 2.80. The van der Waals surface area contributed by atoms with Crippen LogP contribution >= 0.6 is 0 Å². The number of benzene rings is 1. The van der Waals surface area contributed by atoms with Crippen molar-refractivity contribution in [2.45, 2.75) is 39.8 Å². The van der Waals surface area contributed by atoms with Gasteiger partial charge in [-0.25, -0.2) is 9.13 Å². The molecule has 0 amide bonds. The second-order valence-corrected chi connectivity index (χ2v) is 5.10. The molecule has 1 aromatic heterocycles. The Hall–Kier alpha value is -1.53. The summed E-state index contributed by atoms with van der Waals surface area (Å²) in [4.78, 5) is 0. The maximum atomic E-state index is 9.75. The molecule has 0 bridgehead atoms. The first kappa shape index (κ1) is 16.5. The van der Waals surface area contributed by atoms with Crippen LogP contribution in [0.15, 0.2) is 30.6 Å². The van der Waals surface area contributed by atoms with Crippen molar-refractivity contribution >= 4 is 18.3 Å². The monoisotopic (exact) mass is 290 g/mol. The molecule has 0 saturated heterocycles. The van der Waals surface area contributed by atoms with E-state index in [4.69, 9.17) is 0 Å². The van der Waals surface area contributed by atoms with E-state index in [0.29, 0.717) is 12.1 Å². The van der Waals surface area contributed by atoms with Crippen molar-refractivity contribution in [2.24, 2.45) is 0 Å². The highest BCUT2D eigenvalue weighted by molar-refractivity contribution is 6.50. The molecule has 0 atom stereocenters. The van der Waals surface area contributed by atoms with Crippen molar-refractivity contribution in [3.8, 4) is 0 Å². The van der Waals surface area contributed by atoms with Gasteiger partial charge in [0.2, 0.25) is 6.33 Å². The third-order valence-electron chi connectivity index (χ3n) is 2.80. The summed E-state index contributed by atoms with van der Waals surface area (Å²) >= 11 is 0. The molecule has 2 rings (SSSR count). The number of rotatable bonds is 2. The van der Waals surface area contributed by atoms with E-state index in [-0.39, 0.29) is 0 Å². The number of hydrogen-bond donors (Lipinski definition) is 0. The van der Waals surface area contributed by atoms with Crippen LogP contribution in [-0.4, -0.2) is 11.8 Å². The van der Waals surface area contributed by atoms with Crippen molar-refractivity contribution in [1.29, 1.82) is 0 Å². The quantitative estimate of drug-likeness (QED) is 0.440. The molecule has 0 saturated carbocycles. The van der Waals surface area contributed by atoms with Crippen molar-refractivity contribution in [3.05, 3.63) is 30.6 Å². The second kappa shape index (κ2) is 6.28. The Balaban J connectivity index is 0.000000347. The van der Waals surface area contributed by atoms with E-state index >= 15 is 0 Å². The smallest absolute Gasteiger partial charge is 0.418 e. The lowest BCUT2D eigenvalue weighted by Gasteiger charge is -2.00. The molecule has 112 valence electrons. The molecule has 0 aliphatic heterocycles. The Bertz CT molecular complexity index is 513. The van der Waals surface area contributed by atoms with E-state index in [2.05, 4.69) is 67.4 Å². The van der Waals surface area contributed by atoms with Crippen molar-refractivity contribution < 1.29 is 21.8 Å². The number of halogens is 4. The lowest BCUT2D eigenvalue weighted by molar-refractivity contribution is -0.692. The maximum Gasteiger partial charge on any atom is 0.673 e. The number of fused-ring (bicyclic) bond motifs is 1. The Morgan fingerprint density at radius 2 is 1.50 bits per heavy atom. The zero-order valence-electron chi connectivity index (χ0n) is 12.0. The summed E-state index contributed by atoms with van der Waals surface area (Å²) in [5, 5.41) is 0. The molecule has 1 heterocycles. The van der Waals surface area contributed by atoms with Crippen LogP contribution in [0.2, 0.25) is 0 Å². The standard InChI is InChI=1S/C13H19N2.BF4/c1-10(2)14-9-15(11(3)4)13-8-6-5-7-12(13)14;2-1(3,4)5/h5-11H,1-4H3;/q+1;-1. The minimum atomic E-state index is -6.00. The van der Waals surface area contributed by atoms with Gasteiger partial charge in [0.1, 0.15) is 0 Å². The van der Waals surface area contributed by atoms with Gasteiger partial charge in [-0.3, -0.25) is 0 Å². The number of nitrogens with zero attached hydrogens (tertiary/aromatic N) is 2. The minimum Gasteiger partial charge on any atom is -0.418 e. The molecule has 0 spiro atoms. The lowest BCUT2D eigenvalue weighted by Crippen LogP contribution is -2.34. The van der Waals surface area contributed by atoms with E-state index in [0.717, 1.165) is 0 Å². The second-order valence-electron chi connectivity index (χ2n) is 5.10. The summed E-state index contributed by atoms with van der Waals surface area (Å²) in [6, 6.07) is 9.60. The van der Waals surface area contributed by atoms with Crippen molar-refractivity contribution in [3.63, 3.8) is 0 Å². The Labute approximate surface area is 116 Å². The summed E-state index contributed by atoms with van der Waals surface area (Å²) in [7, 11) is -6.00. The van der Waals surface area contributed by atoms with Crippen LogP contribution in [0, 0.1) is 0 Å². The van der Waals surface area contributed by atoms with Gasteiger partial charge in [-0.2, -0.15) is 0 Å². The molecular formula is C13H19BF4N2. The molecule has 0 fully saturated rings. The third kappa shape index (κ3) is 4.54. The van der Waals surface area contributed by atoms with E-state index in [1.54, 1.807) is 0 Å². The summed E-state index contributed by atoms with van der Waals surface area (Å²) < 4.78 is 43.7. The Kier molecular flexibility index (Phi) is 5.19. The number of aromatic nitrogens is 2. The molecule has 2 aromatic rings. The molecule has 7 heteroatoms. The van der Waals surface area contributed by atoms with Crippen LogP contribution in [0.4, 0.5) is 17.3 Å². The minimum absolute atomic E-state index is 0.509. The fraction of sp³-hybridized carbons (Fsp3) is 0.462. The Morgan fingerprint density at radius 3 is 1.95 bits per heavy atom. The normalized spacial score (nSPS) is 11.9. The number of para-hydroxylation sites is 2. The maximum absolute atomic E-state index is 9.75. The number of hydrogen-bond acceptors (Lipinski definition) is 0. The predicted molar refractivity (Wildman–Crippen MR) is 73.1 cm³/mol. The molecule has 1 aromatic carbocycles. The molecule has 0 unspecified atom stereocenters. The summed E-state index contributed by atoms with van der Waals surface area (Å²) in [6.07, 6.45) is 2.22. The summed E-state index contributed by atoms with van der Waals surface area (Å²) in [5.41, 5.74) is 2.64. The highest BCUT2D eigenvalue weighted by Gasteiger charge is 2.20. The Morgan fingerprint density at radius 1 is 1.00 bits per heavy atom. The van der Waals surface area contributed by atoms with Gasteiger partial charge in [-0.1, -0.05) is 12.1 Å². The molecule has 20 heavy (non-hydrogen) atoms. The van der Waals surface area contributed by atoms with Gasteiger partial charge in [-0.05, 0) is 39.8 Å². The van der Waals surface area contributed by atoms with Crippen LogP contribution in [0.25, 0.3) is 11.0 Å². The first-order chi connectivity index (χ1) is 9.11. The van der Waals surface area contributed by atoms with Crippen LogP contribution < -0.4 is 4.57 Å². The van der Waals surface area contributed by atoms with Crippen molar-refractivity contribution in [2.75, 3.05) is 0 Å². The van der Waals surface area contributed by atoms with Gasteiger partial charge in [0.25, 0.3) is 0 Å². The molecule has 0 N–H and O–H groups in total. The fourth-order valence-electron chi connectivity index (χ4n) is 1.98. The summed E-state index contributed by atoms with van der Waals surface area (Å²) in [5.74, 6) is 0. The van der Waals surface area contributed by atoms with E-state index in [1.165, 1.54) is 11.0 Å². The lowest BCUT2D eigenvalue weighted by atomic mass is 10.3. The number of imidazole rings is 1. The predicted octanol–water partition coefficient (Wildman–Crippen LogP) is 4.39. The molecule has 0 aliphatic carbocycles. The van der Waals surface area contributed by atoms with Crippen LogP contribution in [0.3, 0.4) is 0 Å². The van der Waals surface area contributed by atoms with Gasteiger partial charge in [-0.15, -0.1) is 0 Å². The van der Waals surface area contributed by atoms with Crippen LogP contribution in [0.5, 0.6) is 0 Å². The van der Waals surface area contributed by atoms with E-state index in [9.17, 15) is 17.3 Å². The first-order valence-electron chi connectivity index (χ1n) is 6.49. The zero-order valence-corrected chi connectivity index (χ0v) is 12.0. The van der Waals surface area contributed by atoms with Crippen LogP contribution in [-0.2, 0) is 0 Å². The van der Waals surface area contributed by atoms with Gasteiger partial charge in [0.15, 0.2) is 11.0 Å². The molecular weight excluding hydrogens is 271 g/mol. The molecule has 0 radical (unpaired) electrons.